The summed E-state index contributed by atoms with van der Waals surface area (Å²) in [6, 6.07) is 8.07. The number of anilines is 1. The van der Waals surface area contributed by atoms with Crippen LogP contribution in [-0.4, -0.2) is 62.5 Å². The van der Waals surface area contributed by atoms with Crippen molar-refractivity contribution < 1.29 is 19.5 Å². The van der Waals surface area contributed by atoms with Crippen molar-refractivity contribution in [1.29, 1.82) is 0 Å². The summed E-state index contributed by atoms with van der Waals surface area (Å²) in [4.78, 5) is 42.6. The van der Waals surface area contributed by atoms with Crippen LogP contribution in [0.4, 0.5) is 5.69 Å². The first kappa shape index (κ1) is 24.1. The minimum Gasteiger partial charge on any atom is -0.394 e. The van der Waals surface area contributed by atoms with Crippen LogP contribution in [0.1, 0.15) is 47.0 Å². The van der Waals surface area contributed by atoms with Crippen LogP contribution in [0.2, 0.25) is 0 Å². The average Bonchev–Trinajstić information content (AvgIpc) is 3.42. The standard InChI is InChI=1S/C25H35N3O4S/c1-5-15(4)17(13-29)28-21(23(31)26-14(2)3)25-12-11-18(33-25)19(20(25)24(28)32)22(30)27-16-9-7-6-8-10-16/h6-10,14-15,17-21,29H,5,11-13H2,1-4H3,(H,26,31)(H,27,30)/t15-,17-,18-,19+,20-,21?,25?/m0/s1. The maximum Gasteiger partial charge on any atom is 0.244 e. The molecule has 3 aliphatic heterocycles. The maximum atomic E-state index is 14.0. The number of hydrogen-bond acceptors (Lipinski definition) is 5. The van der Waals surface area contributed by atoms with Gasteiger partial charge in [0.1, 0.15) is 6.04 Å². The largest absolute Gasteiger partial charge is 0.394 e. The number of aliphatic hydroxyl groups is 1. The molecule has 3 aliphatic rings. The number of rotatable bonds is 8. The third kappa shape index (κ3) is 3.95. The van der Waals surface area contributed by atoms with Gasteiger partial charge in [-0.3, -0.25) is 14.4 Å². The van der Waals surface area contributed by atoms with Crippen LogP contribution in [0.15, 0.2) is 30.3 Å². The number of carbonyl (C=O) groups is 3. The van der Waals surface area contributed by atoms with Crippen molar-refractivity contribution in [3.63, 3.8) is 0 Å². The second-order valence-corrected chi connectivity index (χ2v) is 11.6. The Labute approximate surface area is 200 Å². The molecule has 3 saturated heterocycles. The lowest BCUT2D eigenvalue weighted by Crippen LogP contribution is -2.58. The van der Waals surface area contributed by atoms with E-state index in [9.17, 15) is 19.5 Å². The summed E-state index contributed by atoms with van der Waals surface area (Å²) in [6.45, 7) is 7.63. The van der Waals surface area contributed by atoms with Crippen molar-refractivity contribution in [2.75, 3.05) is 11.9 Å². The number of hydrogen-bond donors (Lipinski definition) is 3. The topological polar surface area (TPSA) is 98.7 Å². The lowest BCUT2D eigenvalue weighted by molar-refractivity contribution is -0.143. The van der Waals surface area contributed by atoms with Crippen LogP contribution >= 0.6 is 11.8 Å². The van der Waals surface area contributed by atoms with Crippen molar-refractivity contribution in [3.8, 4) is 0 Å². The molecule has 33 heavy (non-hydrogen) atoms. The van der Waals surface area contributed by atoms with Crippen molar-refractivity contribution in [2.24, 2.45) is 17.8 Å². The number of nitrogens with one attached hydrogen (secondary N) is 2. The molecule has 1 spiro atoms. The summed E-state index contributed by atoms with van der Waals surface area (Å²) in [5.74, 6) is -1.53. The zero-order chi connectivity index (χ0) is 23.9. The van der Waals surface area contributed by atoms with Crippen molar-refractivity contribution in [3.05, 3.63) is 30.3 Å². The highest BCUT2D eigenvalue weighted by atomic mass is 32.2. The summed E-state index contributed by atoms with van der Waals surface area (Å²) in [7, 11) is 0. The lowest BCUT2D eigenvalue weighted by atomic mass is 9.70. The number of likely N-dealkylation sites (tertiary alicyclic amines) is 1. The van der Waals surface area contributed by atoms with Gasteiger partial charge in [0.25, 0.3) is 0 Å². The summed E-state index contributed by atoms with van der Waals surface area (Å²) in [5, 5.41) is 16.3. The Kier molecular flexibility index (Phi) is 6.78. The van der Waals surface area contributed by atoms with Gasteiger partial charge in [0, 0.05) is 17.0 Å². The monoisotopic (exact) mass is 473 g/mol. The van der Waals surface area contributed by atoms with Gasteiger partial charge >= 0.3 is 0 Å². The van der Waals surface area contributed by atoms with Crippen LogP contribution in [0, 0.1) is 17.8 Å². The number of thioether (sulfide) groups is 1. The van der Waals surface area contributed by atoms with E-state index in [1.807, 2.05) is 58.0 Å². The molecule has 4 rings (SSSR count). The van der Waals surface area contributed by atoms with Crippen LogP contribution < -0.4 is 10.6 Å². The van der Waals surface area contributed by atoms with E-state index in [4.69, 9.17) is 0 Å². The molecule has 1 aromatic rings. The maximum absolute atomic E-state index is 14.0. The molecule has 2 unspecified atom stereocenters. The van der Waals surface area contributed by atoms with Gasteiger partial charge in [0.15, 0.2) is 0 Å². The van der Waals surface area contributed by atoms with E-state index >= 15 is 0 Å². The SMILES string of the molecule is CC[C@H](C)[C@H](CO)N1C(=O)[C@@H]2[C@H](C(=O)Nc3ccccc3)[C@@H]3CCC2(S3)C1C(=O)NC(C)C. The predicted molar refractivity (Wildman–Crippen MR) is 130 cm³/mol. The first-order valence-electron chi connectivity index (χ1n) is 12.0. The van der Waals surface area contributed by atoms with E-state index < -0.39 is 28.7 Å². The van der Waals surface area contributed by atoms with Crippen molar-refractivity contribution >= 4 is 35.2 Å². The Bertz CT molecular complexity index is 910. The van der Waals surface area contributed by atoms with Crippen molar-refractivity contribution in [2.45, 2.75) is 75.1 Å². The Morgan fingerprint density at radius 1 is 1.21 bits per heavy atom. The summed E-state index contributed by atoms with van der Waals surface area (Å²) < 4.78 is -0.639. The molecule has 3 amide bonds. The van der Waals surface area contributed by atoms with Crippen LogP contribution in [0.25, 0.3) is 0 Å². The normalized spacial score (nSPS) is 32.1. The van der Waals surface area contributed by atoms with Gasteiger partial charge in [-0.05, 0) is 44.7 Å². The minimum absolute atomic E-state index is 0.00957. The number of carbonyl (C=O) groups excluding carboxylic acids is 3. The van der Waals surface area contributed by atoms with Gasteiger partial charge in [-0.2, -0.15) is 0 Å². The molecule has 1 aromatic carbocycles. The van der Waals surface area contributed by atoms with E-state index in [1.165, 1.54) is 0 Å². The molecular formula is C25H35N3O4S. The Hall–Kier alpha value is -2.06. The number of aliphatic hydroxyl groups excluding tert-OH is 1. The van der Waals surface area contributed by atoms with E-state index in [2.05, 4.69) is 10.6 Å². The van der Waals surface area contributed by atoms with Crippen LogP contribution in [-0.2, 0) is 14.4 Å². The molecule has 0 aliphatic carbocycles. The summed E-state index contributed by atoms with van der Waals surface area (Å²) in [6.07, 6.45) is 2.30. The molecule has 0 radical (unpaired) electrons. The second kappa shape index (κ2) is 9.29. The number of benzene rings is 1. The molecule has 7 nitrogen and oxygen atoms in total. The minimum atomic E-state index is -0.687. The van der Waals surface area contributed by atoms with Gasteiger partial charge < -0.3 is 20.6 Å². The molecular weight excluding hydrogens is 438 g/mol. The van der Waals surface area contributed by atoms with Crippen LogP contribution in [0.3, 0.4) is 0 Å². The zero-order valence-electron chi connectivity index (χ0n) is 19.8. The highest BCUT2D eigenvalue weighted by molar-refractivity contribution is 8.02. The highest BCUT2D eigenvalue weighted by Gasteiger charge is 2.74. The number of para-hydroxylation sites is 1. The Balaban J connectivity index is 1.72. The number of nitrogens with zero attached hydrogens (tertiary/aromatic N) is 1. The molecule has 8 heteroatoms. The van der Waals surface area contributed by atoms with E-state index in [1.54, 1.807) is 16.7 Å². The van der Waals surface area contributed by atoms with E-state index in [-0.39, 0.29) is 41.5 Å². The first-order valence-corrected chi connectivity index (χ1v) is 12.9. The number of amides is 3. The molecule has 3 fully saturated rings. The fourth-order valence-electron chi connectivity index (χ4n) is 5.97. The van der Waals surface area contributed by atoms with Gasteiger partial charge in [-0.1, -0.05) is 38.5 Å². The molecule has 2 bridgehead atoms. The summed E-state index contributed by atoms with van der Waals surface area (Å²) >= 11 is 1.65. The molecule has 0 saturated carbocycles. The van der Waals surface area contributed by atoms with Gasteiger partial charge in [-0.25, -0.2) is 0 Å². The molecule has 7 atom stereocenters. The lowest BCUT2D eigenvalue weighted by Gasteiger charge is -2.39. The molecule has 180 valence electrons. The number of fused-ring (bicyclic) bond motifs is 1. The molecule has 3 N–H and O–H groups in total. The third-order valence-electron chi connectivity index (χ3n) is 7.61. The fourth-order valence-corrected chi connectivity index (χ4v) is 8.18. The molecule has 3 heterocycles. The predicted octanol–water partition coefficient (Wildman–Crippen LogP) is 2.65. The highest BCUT2D eigenvalue weighted by Crippen LogP contribution is 2.66. The zero-order valence-corrected chi connectivity index (χ0v) is 20.6. The van der Waals surface area contributed by atoms with Gasteiger partial charge in [0.2, 0.25) is 17.7 Å². The Morgan fingerprint density at radius 2 is 1.91 bits per heavy atom. The van der Waals surface area contributed by atoms with Gasteiger partial charge in [0.05, 0.1) is 29.2 Å². The van der Waals surface area contributed by atoms with E-state index in [0.717, 1.165) is 19.3 Å². The smallest absolute Gasteiger partial charge is 0.244 e. The summed E-state index contributed by atoms with van der Waals surface area (Å²) in [5.41, 5.74) is 0.702. The fraction of sp³-hybridized carbons (Fsp3) is 0.640. The second-order valence-electron chi connectivity index (χ2n) is 9.96. The van der Waals surface area contributed by atoms with E-state index in [0.29, 0.717) is 5.69 Å². The molecule has 0 aromatic heterocycles. The third-order valence-corrected chi connectivity index (χ3v) is 9.56. The van der Waals surface area contributed by atoms with Crippen LogP contribution in [0.5, 0.6) is 0 Å². The average molecular weight is 474 g/mol. The Morgan fingerprint density at radius 3 is 2.52 bits per heavy atom. The first-order chi connectivity index (χ1) is 15.7. The quantitative estimate of drug-likeness (QED) is 0.539. The van der Waals surface area contributed by atoms with Crippen molar-refractivity contribution in [1.82, 2.24) is 10.2 Å². The van der Waals surface area contributed by atoms with Gasteiger partial charge in [-0.15, -0.1) is 11.8 Å².